The van der Waals surface area contributed by atoms with Gasteiger partial charge in [0.2, 0.25) is 0 Å². The van der Waals surface area contributed by atoms with Gasteiger partial charge >= 0.3 is 5.97 Å². The first kappa shape index (κ1) is 22.6. The van der Waals surface area contributed by atoms with Crippen molar-refractivity contribution in [3.8, 4) is 5.75 Å². The molecule has 174 valence electrons. The molecule has 2 aromatic carbocycles. The molecule has 1 saturated carbocycles. The number of aromatic nitrogens is 3. The minimum atomic E-state index is -0.771. The summed E-state index contributed by atoms with van der Waals surface area (Å²) in [5, 5.41) is 9.78. The maximum absolute atomic E-state index is 11.9. The summed E-state index contributed by atoms with van der Waals surface area (Å²) in [6.07, 6.45) is 1.83. The average Bonchev–Trinajstić information content (AvgIpc) is 3.22. The van der Waals surface area contributed by atoms with Gasteiger partial charge in [-0.15, -0.1) is 0 Å². The molecule has 2 heterocycles. The van der Waals surface area contributed by atoms with E-state index in [1.165, 1.54) is 0 Å². The zero-order valence-corrected chi connectivity index (χ0v) is 20.9. The molecule has 1 fully saturated rings. The van der Waals surface area contributed by atoms with E-state index < -0.39 is 11.9 Å². The summed E-state index contributed by atoms with van der Waals surface area (Å²) >= 11 is 3.49. The molecular formula is C27H26BrN3O3. The van der Waals surface area contributed by atoms with Crippen LogP contribution in [-0.2, 0) is 17.9 Å². The van der Waals surface area contributed by atoms with Crippen molar-refractivity contribution >= 4 is 32.9 Å². The fourth-order valence-electron chi connectivity index (χ4n) is 4.71. The summed E-state index contributed by atoms with van der Waals surface area (Å²) in [5.74, 6) is 0.174. The van der Waals surface area contributed by atoms with Gasteiger partial charge in [-0.3, -0.25) is 9.78 Å². The van der Waals surface area contributed by atoms with Crippen molar-refractivity contribution in [1.82, 2.24) is 14.5 Å². The van der Waals surface area contributed by atoms with Gasteiger partial charge in [0.25, 0.3) is 0 Å². The summed E-state index contributed by atoms with van der Waals surface area (Å²) < 4.78 is 9.20. The molecule has 0 aliphatic heterocycles. The van der Waals surface area contributed by atoms with Gasteiger partial charge in [-0.1, -0.05) is 48.0 Å². The smallest absolute Gasteiger partial charge is 0.307 e. The van der Waals surface area contributed by atoms with Crippen LogP contribution < -0.4 is 4.74 Å². The first-order valence-electron chi connectivity index (χ1n) is 11.3. The number of hydrogen-bond acceptors (Lipinski definition) is 4. The van der Waals surface area contributed by atoms with Crippen molar-refractivity contribution in [2.75, 3.05) is 0 Å². The number of fused-ring (bicyclic) bond motifs is 1. The van der Waals surface area contributed by atoms with Crippen molar-refractivity contribution in [3.63, 3.8) is 0 Å². The number of hydrogen-bond donors (Lipinski definition) is 1. The molecule has 4 aromatic rings. The van der Waals surface area contributed by atoms with E-state index in [1.54, 1.807) is 0 Å². The predicted molar refractivity (Wildman–Crippen MR) is 134 cm³/mol. The Morgan fingerprint density at radius 1 is 1.15 bits per heavy atom. The maximum Gasteiger partial charge on any atom is 0.307 e. The second kappa shape index (κ2) is 8.55. The van der Waals surface area contributed by atoms with Gasteiger partial charge in [0.15, 0.2) is 0 Å². The minimum absolute atomic E-state index is 0.144. The summed E-state index contributed by atoms with van der Waals surface area (Å²) in [5.41, 5.74) is 4.50. The highest BCUT2D eigenvalue weighted by Crippen LogP contribution is 2.64. The van der Waals surface area contributed by atoms with Crippen LogP contribution in [0.15, 0.2) is 65.3 Å². The number of nitrogens with zero attached hydrogens (tertiary/aromatic N) is 3. The maximum atomic E-state index is 11.9. The SMILES string of the molecule is Cc1ccc(COc2ccc3nc([C@@H]4[C@H](C(=O)O)C4(C)C)n(Cc4ccc(Br)cc4)c3c2)nc1. The van der Waals surface area contributed by atoms with E-state index in [-0.39, 0.29) is 11.3 Å². The third kappa shape index (κ3) is 4.20. The Kier molecular flexibility index (Phi) is 5.68. The molecule has 7 heteroatoms. The summed E-state index contributed by atoms with van der Waals surface area (Å²) in [6.45, 7) is 6.98. The molecule has 0 radical (unpaired) electrons. The number of rotatable bonds is 7. The Hall–Kier alpha value is -3.19. The Labute approximate surface area is 206 Å². The molecule has 1 aliphatic carbocycles. The van der Waals surface area contributed by atoms with Crippen LogP contribution in [0.2, 0.25) is 0 Å². The molecule has 2 atom stereocenters. The highest BCUT2D eigenvalue weighted by molar-refractivity contribution is 9.10. The number of aliphatic carboxylic acids is 1. The Morgan fingerprint density at radius 2 is 1.91 bits per heavy atom. The molecule has 34 heavy (non-hydrogen) atoms. The number of aryl methyl sites for hydroxylation is 1. The molecular weight excluding hydrogens is 494 g/mol. The highest BCUT2D eigenvalue weighted by atomic mass is 79.9. The molecule has 1 aliphatic rings. The van der Waals surface area contributed by atoms with Crippen LogP contribution in [0.5, 0.6) is 5.75 Å². The van der Waals surface area contributed by atoms with Crippen LogP contribution in [0.3, 0.4) is 0 Å². The molecule has 0 spiro atoms. The van der Waals surface area contributed by atoms with E-state index in [0.717, 1.165) is 43.9 Å². The van der Waals surface area contributed by atoms with E-state index in [1.807, 2.05) is 69.4 Å². The number of carbonyl (C=O) groups is 1. The number of carboxylic acid groups (broad SMARTS) is 1. The van der Waals surface area contributed by atoms with Gasteiger partial charge in [0, 0.05) is 29.2 Å². The summed E-state index contributed by atoms with van der Waals surface area (Å²) in [6, 6.07) is 18.0. The molecule has 0 saturated heterocycles. The second-order valence-electron chi connectivity index (χ2n) is 9.56. The number of carboxylic acids is 1. The molecule has 0 unspecified atom stereocenters. The number of imidazole rings is 1. The van der Waals surface area contributed by atoms with Crippen LogP contribution in [-0.4, -0.2) is 25.6 Å². The van der Waals surface area contributed by atoms with Crippen molar-refractivity contribution < 1.29 is 14.6 Å². The highest BCUT2D eigenvalue weighted by Gasteiger charge is 2.64. The van der Waals surface area contributed by atoms with Crippen LogP contribution >= 0.6 is 15.9 Å². The van der Waals surface area contributed by atoms with Gasteiger partial charge in [-0.25, -0.2) is 4.98 Å². The van der Waals surface area contributed by atoms with Crippen molar-refractivity contribution in [1.29, 1.82) is 0 Å². The van der Waals surface area contributed by atoms with E-state index >= 15 is 0 Å². The molecule has 2 aromatic heterocycles. The lowest BCUT2D eigenvalue weighted by Gasteiger charge is -2.12. The average molecular weight is 520 g/mol. The molecule has 0 amide bonds. The van der Waals surface area contributed by atoms with Gasteiger partial charge in [-0.2, -0.15) is 0 Å². The van der Waals surface area contributed by atoms with Crippen molar-refractivity contribution in [3.05, 3.63) is 87.9 Å². The van der Waals surface area contributed by atoms with Crippen LogP contribution in [0, 0.1) is 18.3 Å². The minimum Gasteiger partial charge on any atom is -0.487 e. The Balaban J connectivity index is 1.52. The number of ether oxygens (including phenoxy) is 1. The Morgan fingerprint density at radius 3 is 2.56 bits per heavy atom. The monoisotopic (exact) mass is 519 g/mol. The number of benzene rings is 2. The Bertz CT molecular complexity index is 1360. The lowest BCUT2D eigenvalue weighted by Crippen LogP contribution is -2.07. The first-order chi connectivity index (χ1) is 16.2. The lowest BCUT2D eigenvalue weighted by molar-refractivity contribution is -0.139. The lowest BCUT2D eigenvalue weighted by atomic mass is 10.1. The van der Waals surface area contributed by atoms with Crippen LogP contribution in [0.1, 0.15) is 42.4 Å². The van der Waals surface area contributed by atoms with E-state index in [9.17, 15) is 9.90 Å². The number of pyridine rings is 1. The molecule has 1 N–H and O–H groups in total. The van der Waals surface area contributed by atoms with E-state index in [4.69, 9.17) is 9.72 Å². The van der Waals surface area contributed by atoms with E-state index in [0.29, 0.717) is 13.2 Å². The van der Waals surface area contributed by atoms with Crippen molar-refractivity contribution in [2.45, 2.75) is 39.8 Å². The fraction of sp³-hybridized carbons (Fsp3) is 0.296. The van der Waals surface area contributed by atoms with Crippen LogP contribution in [0.4, 0.5) is 0 Å². The largest absolute Gasteiger partial charge is 0.487 e. The third-order valence-corrected chi connectivity index (χ3v) is 7.26. The van der Waals surface area contributed by atoms with Crippen LogP contribution in [0.25, 0.3) is 11.0 Å². The zero-order valence-electron chi connectivity index (χ0n) is 19.3. The first-order valence-corrected chi connectivity index (χ1v) is 12.0. The van der Waals surface area contributed by atoms with Gasteiger partial charge in [-0.05, 0) is 53.8 Å². The standard InChI is InChI=1S/C27H26BrN3O3/c1-16-4-9-19(29-13-16)15-34-20-10-11-21-22(12-20)31(14-17-5-7-18(28)8-6-17)25(30-21)23-24(26(32)33)27(23,2)3/h4-13,23-24H,14-15H2,1-3H3,(H,32,33)/t23-,24+/m0/s1. The quantitative estimate of drug-likeness (QED) is 0.326. The van der Waals surface area contributed by atoms with E-state index in [2.05, 4.69) is 37.6 Å². The summed E-state index contributed by atoms with van der Waals surface area (Å²) in [4.78, 5) is 21.2. The normalized spacial score (nSPS) is 18.7. The predicted octanol–water partition coefficient (Wildman–Crippen LogP) is 5.95. The van der Waals surface area contributed by atoms with Gasteiger partial charge in [0.1, 0.15) is 18.2 Å². The van der Waals surface area contributed by atoms with Crippen molar-refractivity contribution in [2.24, 2.45) is 11.3 Å². The number of halogens is 1. The topological polar surface area (TPSA) is 77.2 Å². The molecule has 0 bridgehead atoms. The van der Waals surface area contributed by atoms with Gasteiger partial charge < -0.3 is 14.4 Å². The molecule has 6 nitrogen and oxygen atoms in total. The van der Waals surface area contributed by atoms with Gasteiger partial charge in [0.05, 0.1) is 22.6 Å². The molecule has 5 rings (SSSR count). The second-order valence-corrected chi connectivity index (χ2v) is 10.5. The zero-order chi connectivity index (χ0) is 24.0. The third-order valence-electron chi connectivity index (χ3n) is 6.73. The summed E-state index contributed by atoms with van der Waals surface area (Å²) in [7, 11) is 0. The fourth-order valence-corrected chi connectivity index (χ4v) is 4.97.